The Morgan fingerprint density at radius 3 is 2.88 bits per heavy atom. The second kappa shape index (κ2) is 7.79. The van der Waals surface area contributed by atoms with E-state index >= 15 is 0 Å². The summed E-state index contributed by atoms with van der Waals surface area (Å²) in [7, 11) is 1.59. The minimum absolute atomic E-state index is 0.000375. The van der Waals surface area contributed by atoms with Crippen LogP contribution in [0.25, 0.3) is 0 Å². The van der Waals surface area contributed by atoms with E-state index in [1.165, 1.54) is 0 Å². The number of carbonyl (C=O) groups excluding carboxylic acids is 1. The standard InChI is InChI=1S/C18H20N2O4/c1-22-15-6-2-3-7-16(15)24-18-13(5-4-9-19-18)11-20-17(21)14-8-10-23-12-14/h2-7,9,14H,8,10-12H2,1H3,(H,20,21)/t14-/m0/s1. The van der Waals surface area contributed by atoms with Crippen LogP contribution in [-0.4, -0.2) is 31.2 Å². The van der Waals surface area contributed by atoms with Crippen molar-refractivity contribution in [1.82, 2.24) is 10.3 Å². The second-order valence-corrected chi connectivity index (χ2v) is 5.50. The van der Waals surface area contributed by atoms with Crippen LogP contribution in [0.2, 0.25) is 0 Å². The minimum Gasteiger partial charge on any atom is -0.493 e. The maximum atomic E-state index is 12.1. The molecule has 3 rings (SSSR count). The molecule has 0 unspecified atom stereocenters. The van der Waals surface area contributed by atoms with Gasteiger partial charge in [0, 0.05) is 24.9 Å². The first-order chi connectivity index (χ1) is 11.8. The van der Waals surface area contributed by atoms with Gasteiger partial charge in [-0.05, 0) is 24.6 Å². The molecule has 6 heteroatoms. The smallest absolute Gasteiger partial charge is 0.225 e. The number of carbonyl (C=O) groups is 1. The number of hydrogen-bond acceptors (Lipinski definition) is 5. The van der Waals surface area contributed by atoms with Crippen molar-refractivity contribution in [3.8, 4) is 17.4 Å². The van der Waals surface area contributed by atoms with Gasteiger partial charge in [-0.1, -0.05) is 18.2 Å². The molecule has 2 heterocycles. The highest BCUT2D eigenvalue weighted by Crippen LogP contribution is 2.31. The Morgan fingerprint density at radius 1 is 1.29 bits per heavy atom. The van der Waals surface area contributed by atoms with Crippen LogP contribution in [-0.2, 0) is 16.1 Å². The zero-order chi connectivity index (χ0) is 16.8. The molecule has 1 aromatic heterocycles. The number of methoxy groups -OCH3 is 1. The molecule has 1 aliphatic rings. The highest BCUT2D eigenvalue weighted by atomic mass is 16.5. The Morgan fingerprint density at radius 2 is 2.12 bits per heavy atom. The third-order valence-corrected chi connectivity index (χ3v) is 3.88. The number of nitrogens with zero attached hydrogens (tertiary/aromatic N) is 1. The van der Waals surface area contributed by atoms with Crippen molar-refractivity contribution in [2.24, 2.45) is 5.92 Å². The predicted octanol–water partition coefficient (Wildman–Crippen LogP) is 2.54. The summed E-state index contributed by atoms with van der Waals surface area (Å²) in [6, 6.07) is 11.1. The topological polar surface area (TPSA) is 69.7 Å². The van der Waals surface area contributed by atoms with Crippen LogP contribution in [0.3, 0.4) is 0 Å². The molecule has 1 fully saturated rings. The molecule has 1 aliphatic heterocycles. The molecule has 0 bridgehead atoms. The number of pyridine rings is 1. The van der Waals surface area contributed by atoms with Gasteiger partial charge in [-0.3, -0.25) is 4.79 Å². The van der Waals surface area contributed by atoms with E-state index in [-0.39, 0.29) is 11.8 Å². The van der Waals surface area contributed by atoms with Crippen LogP contribution in [0.4, 0.5) is 0 Å². The Balaban J connectivity index is 1.69. The average Bonchev–Trinajstić information content (AvgIpc) is 3.16. The van der Waals surface area contributed by atoms with Crippen molar-refractivity contribution in [3.63, 3.8) is 0 Å². The molecular formula is C18H20N2O4. The van der Waals surface area contributed by atoms with E-state index in [2.05, 4.69) is 10.3 Å². The highest BCUT2D eigenvalue weighted by Gasteiger charge is 2.23. The first kappa shape index (κ1) is 16.3. The van der Waals surface area contributed by atoms with E-state index in [1.807, 2.05) is 36.4 Å². The average molecular weight is 328 g/mol. The van der Waals surface area contributed by atoms with Crippen LogP contribution < -0.4 is 14.8 Å². The summed E-state index contributed by atoms with van der Waals surface area (Å²) in [5.41, 5.74) is 0.802. The lowest BCUT2D eigenvalue weighted by Gasteiger charge is -2.14. The fourth-order valence-corrected chi connectivity index (χ4v) is 2.53. The normalized spacial score (nSPS) is 16.6. The molecule has 126 valence electrons. The number of rotatable bonds is 6. The number of amides is 1. The molecule has 0 aliphatic carbocycles. The quantitative estimate of drug-likeness (QED) is 0.882. The van der Waals surface area contributed by atoms with Crippen LogP contribution >= 0.6 is 0 Å². The zero-order valence-corrected chi connectivity index (χ0v) is 13.5. The lowest BCUT2D eigenvalue weighted by Crippen LogP contribution is -2.30. The van der Waals surface area contributed by atoms with Crippen molar-refractivity contribution < 1.29 is 19.0 Å². The molecule has 1 atom stereocenters. The fraction of sp³-hybridized carbons (Fsp3) is 0.333. The van der Waals surface area contributed by atoms with Crippen molar-refractivity contribution in [1.29, 1.82) is 0 Å². The summed E-state index contributed by atoms with van der Waals surface area (Å²) in [5, 5.41) is 2.93. The van der Waals surface area contributed by atoms with Gasteiger partial charge in [0.05, 0.1) is 19.6 Å². The number of para-hydroxylation sites is 2. The number of ether oxygens (including phenoxy) is 3. The number of nitrogens with one attached hydrogen (secondary N) is 1. The molecule has 0 spiro atoms. The summed E-state index contributed by atoms with van der Waals surface area (Å²) < 4.78 is 16.4. The van der Waals surface area contributed by atoms with E-state index in [0.29, 0.717) is 37.1 Å². The third-order valence-electron chi connectivity index (χ3n) is 3.88. The molecule has 0 saturated carbocycles. The maximum Gasteiger partial charge on any atom is 0.225 e. The Bertz CT molecular complexity index is 699. The Kier molecular flexibility index (Phi) is 5.28. The van der Waals surface area contributed by atoms with Gasteiger partial charge in [0.1, 0.15) is 0 Å². The van der Waals surface area contributed by atoms with Crippen molar-refractivity contribution in [2.75, 3.05) is 20.3 Å². The first-order valence-electron chi connectivity index (χ1n) is 7.88. The van der Waals surface area contributed by atoms with Crippen molar-refractivity contribution in [2.45, 2.75) is 13.0 Å². The van der Waals surface area contributed by atoms with Gasteiger partial charge in [-0.2, -0.15) is 0 Å². The van der Waals surface area contributed by atoms with E-state index in [4.69, 9.17) is 14.2 Å². The molecular weight excluding hydrogens is 308 g/mol. The predicted molar refractivity (Wildman–Crippen MR) is 88.1 cm³/mol. The first-order valence-corrected chi connectivity index (χ1v) is 7.88. The monoisotopic (exact) mass is 328 g/mol. The zero-order valence-electron chi connectivity index (χ0n) is 13.5. The van der Waals surface area contributed by atoms with Crippen LogP contribution in [0.15, 0.2) is 42.6 Å². The Labute approximate surface area is 140 Å². The largest absolute Gasteiger partial charge is 0.493 e. The summed E-state index contributed by atoms with van der Waals surface area (Å²) in [4.78, 5) is 16.4. The summed E-state index contributed by atoms with van der Waals surface area (Å²) >= 11 is 0. The molecule has 2 aromatic rings. The fourth-order valence-electron chi connectivity index (χ4n) is 2.53. The maximum absolute atomic E-state index is 12.1. The number of benzene rings is 1. The van der Waals surface area contributed by atoms with Gasteiger partial charge in [-0.15, -0.1) is 0 Å². The molecule has 24 heavy (non-hydrogen) atoms. The Hall–Kier alpha value is -2.60. The SMILES string of the molecule is COc1ccccc1Oc1ncccc1CNC(=O)[C@H]1CCOC1. The van der Waals surface area contributed by atoms with E-state index in [9.17, 15) is 4.79 Å². The molecule has 1 N–H and O–H groups in total. The molecule has 0 radical (unpaired) electrons. The molecule has 1 aromatic carbocycles. The van der Waals surface area contributed by atoms with Gasteiger partial charge in [-0.25, -0.2) is 4.98 Å². The van der Waals surface area contributed by atoms with Crippen LogP contribution in [0, 0.1) is 5.92 Å². The number of aromatic nitrogens is 1. The minimum atomic E-state index is -0.0692. The van der Waals surface area contributed by atoms with E-state index in [1.54, 1.807) is 13.3 Å². The third kappa shape index (κ3) is 3.83. The van der Waals surface area contributed by atoms with Gasteiger partial charge >= 0.3 is 0 Å². The van der Waals surface area contributed by atoms with Crippen LogP contribution in [0.1, 0.15) is 12.0 Å². The van der Waals surface area contributed by atoms with Gasteiger partial charge in [0.25, 0.3) is 0 Å². The summed E-state index contributed by atoms with van der Waals surface area (Å²) in [6.07, 6.45) is 2.42. The van der Waals surface area contributed by atoms with Gasteiger partial charge < -0.3 is 19.5 Å². The van der Waals surface area contributed by atoms with Gasteiger partial charge in [0.2, 0.25) is 11.8 Å². The summed E-state index contributed by atoms with van der Waals surface area (Å²) in [5.74, 6) is 1.58. The molecule has 1 saturated heterocycles. The van der Waals surface area contributed by atoms with E-state index in [0.717, 1.165) is 12.0 Å². The lowest BCUT2D eigenvalue weighted by molar-refractivity contribution is -0.125. The summed E-state index contributed by atoms with van der Waals surface area (Å²) in [6.45, 7) is 1.49. The second-order valence-electron chi connectivity index (χ2n) is 5.50. The van der Waals surface area contributed by atoms with Crippen LogP contribution in [0.5, 0.6) is 17.4 Å². The van der Waals surface area contributed by atoms with Crippen molar-refractivity contribution >= 4 is 5.91 Å². The lowest BCUT2D eigenvalue weighted by atomic mass is 10.1. The van der Waals surface area contributed by atoms with E-state index < -0.39 is 0 Å². The van der Waals surface area contributed by atoms with Gasteiger partial charge in [0.15, 0.2) is 11.5 Å². The molecule has 1 amide bonds. The highest BCUT2D eigenvalue weighted by molar-refractivity contribution is 5.79. The van der Waals surface area contributed by atoms with Crippen molar-refractivity contribution in [3.05, 3.63) is 48.2 Å². The molecule has 6 nitrogen and oxygen atoms in total. The number of hydrogen-bond donors (Lipinski definition) is 1.